The Kier molecular flexibility index (Phi) is 7.82. The Morgan fingerprint density at radius 2 is 2.06 bits per heavy atom. The van der Waals surface area contributed by atoms with Crippen LogP contribution in [0.1, 0.15) is 45.4 Å². The second-order valence-corrected chi connectivity index (χ2v) is 5.24. The number of methoxy groups -OCH3 is 1. The molecule has 2 atom stereocenters. The van der Waals surface area contributed by atoms with E-state index in [0.29, 0.717) is 6.04 Å². The lowest BCUT2D eigenvalue weighted by Gasteiger charge is -2.38. The fourth-order valence-electron chi connectivity index (χ4n) is 2.83. The summed E-state index contributed by atoms with van der Waals surface area (Å²) in [7, 11) is 4.05. The normalized spacial score (nSPS) is 25.4. The van der Waals surface area contributed by atoms with Crippen LogP contribution in [0.5, 0.6) is 0 Å². The van der Waals surface area contributed by atoms with E-state index in [1.807, 2.05) is 0 Å². The summed E-state index contributed by atoms with van der Waals surface area (Å²) in [6.45, 7) is 5.44. The molecule has 0 aromatic heterocycles. The van der Waals surface area contributed by atoms with Crippen molar-refractivity contribution in [3.8, 4) is 0 Å². The van der Waals surface area contributed by atoms with Crippen molar-refractivity contribution in [1.82, 2.24) is 10.2 Å². The van der Waals surface area contributed by atoms with Gasteiger partial charge in [0, 0.05) is 32.3 Å². The minimum absolute atomic E-state index is 0.705. The average molecular weight is 242 g/mol. The maximum absolute atomic E-state index is 5.13. The van der Waals surface area contributed by atoms with Gasteiger partial charge < -0.3 is 15.0 Å². The van der Waals surface area contributed by atoms with Gasteiger partial charge in [0.05, 0.1) is 0 Å². The Morgan fingerprint density at radius 1 is 1.29 bits per heavy atom. The summed E-state index contributed by atoms with van der Waals surface area (Å²) in [4.78, 5) is 2.53. The quantitative estimate of drug-likeness (QED) is 0.661. The Bertz CT molecular complexity index is 187. The third-order valence-corrected chi connectivity index (χ3v) is 3.81. The van der Waals surface area contributed by atoms with Crippen molar-refractivity contribution >= 4 is 0 Å². The third kappa shape index (κ3) is 5.36. The molecule has 1 N–H and O–H groups in total. The molecule has 1 saturated carbocycles. The molecule has 0 aliphatic heterocycles. The average Bonchev–Trinajstić information content (AvgIpc) is 2.37. The zero-order valence-corrected chi connectivity index (χ0v) is 11.9. The Labute approximate surface area is 107 Å². The van der Waals surface area contributed by atoms with Gasteiger partial charge in [-0.3, -0.25) is 0 Å². The zero-order chi connectivity index (χ0) is 12.5. The van der Waals surface area contributed by atoms with Crippen LogP contribution in [0, 0.1) is 0 Å². The molecule has 1 rings (SSSR count). The van der Waals surface area contributed by atoms with Crippen LogP contribution in [0.2, 0.25) is 0 Å². The van der Waals surface area contributed by atoms with Crippen molar-refractivity contribution < 1.29 is 4.74 Å². The van der Waals surface area contributed by atoms with Crippen LogP contribution in [-0.2, 0) is 4.74 Å². The van der Waals surface area contributed by atoms with E-state index in [1.165, 1.54) is 32.1 Å². The van der Waals surface area contributed by atoms with Crippen LogP contribution < -0.4 is 5.32 Å². The predicted octanol–water partition coefficient (Wildman–Crippen LogP) is 2.27. The van der Waals surface area contributed by atoms with Crippen molar-refractivity contribution in [1.29, 1.82) is 0 Å². The van der Waals surface area contributed by atoms with Crippen LogP contribution in [-0.4, -0.2) is 50.8 Å². The Morgan fingerprint density at radius 3 is 2.76 bits per heavy atom. The minimum atomic E-state index is 0.705. The first kappa shape index (κ1) is 14.9. The van der Waals surface area contributed by atoms with E-state index >= 15 is 0 Å². The highest BCUT2D eigenvalue weighted by Crippen LogP contribution is 2.22. The molecule has 0 saturated heterocycles. The molecule has 0 heterocycles. The predicted molar refractivity (Wildman–Crippen MR) is 73.5 cm³/mol. The van der Waals surface area contributed by atoms with Crippen LogP contribution in [0.25, 0.3) is 0 Å². The van der Waals surface area contributed by atoms with Gasteiger partial charge in [0.1, 0.15) is 0 Å². The summed E-state index contributed by atoms with van der Waals surface area (Å²) >= 11 is 0. The van der Waals surface area contributed by atoms with Gasteiger partial charge in [-0.25, -0.2) is 0 Å². The van der Waals surface area contributed by atoms with E-state index in [2.05, 4.69) is 24.2 Å². The maximum atomic E-state index is 5.13. The molecule has 0 bridgehead atoms. The molecule has 1 aliphatic rings. The van der Waals surface area contributed by atoms with Gasteiger partial charge in [0.2, 0.25) is 0 Å². The molecule has 0 spiro atoms. The first-order valence-corrected chi connectivity index (χ1v) is 7.22. The summed E-state index contributed by atoms with van der Waals surface area (Å²) in [5, 5.41) is 3.72. The standard InChI is InChI=1S/C14H30N2O/c1-4-10-15-13-8-5-6-9-14(13)16(2)11-7-12-17-3/h13-15H,4-12H2,1-3H3. The van der Waals surface area contributed by atoms with Gasteiger partial charge in [-0.15, -0.1) is 0 Å². The summed E-state index contributed by atoms with van der Waals surface area (Å²) in [6.07, 6.45) is 7.86. The number of rotatable bonds is 8. The lowest BCUT2D eigenvalue weighted by atomic mass is 9.89. The number of hydrogen-bond acceptors (Lipinski definition) is 3. The van der Waals surface area contributed by atoms with Gasteiger partial charge >= 0.3 is 0 Å². The molecule has 0 radical (unpaired) electrons. The summed E-state index contributed by atoms with van der Waals surface area (Å²) < 4.78 is 5.13. The SMILES string of the molecule is CCCNC1CCCCC1N(C)CCCOC. The molecule has 0 aromatic rings. The molecule has 1 fully saturated rings. The van der Waals surface area contributed by atoms with Crippen LogP contribution in [0.4, 0.5) is 0 Å². The third-order valence-electron chi connectivity index (χ3n) is 3.81. The first-order chi connectivity index (χ1) is 8.29. The smallest absolute Gasteiger partial charge is 0.0474 e. The molecule has 3 nitrogen and oxygen atoms in total. The summed E-state index contributed by atoms with van der Waals surface area (Å²) in [5.74, 6) is 0. The Hall–Kier alpha value is -0.120. The summed E-state index contributed by atoms with van der Waals surface area (Å²) in [6, 6.07) is 1.43. The number of nitrogens with zero attached hydrogens (tertiary/aromatic N) is 1. The molecule has 17 heavy (non-hydrogen) atoms. The highest BCUT2D eigenvalue weighted by molar-refractivity contribution is 4.86. The lowest BCUT2D eigenvalue weighted by molar-refractivity contribution is 0.127. The molecule has 3 heteroatoms. The molecule has 0 amide bonds. The van der Waals surface area contributed by atoms with Gasteiger partial charge in [0.25, 0.3) is 0 Å². The highest BCUT2D eigenvalue weighted by atomic mass is 16.5. The number of nitrogens with one attached hydrogen (secondary N) is 1. The van der Waals surface area contributed by atoms with Gasteiger partial charge in [0.15, 0.2) is 0 Å². The second-order valence-electron chi connectivity index (χ2n) is 5.24. The van der Waals surface area contributed by atoms with Gasteiger partial charge in [-0.1, -0.05) is 19.8 Å². The molecule has 0 aromatic carbocycles. The fraction of sp³-hybridized carbons (Fsp3) is 1.00. The van der Waals surface area contributed by atoms with E-state index in [0.717, 1.165) is 32.2 Å². The lowest BCUT2D eigenvalue weighted by Crippen LogP contribution is -2.50. The topological polar surface area (TPSA) is 24.5 Å². The second kappa shape index (κ2) is 8.90. The monoisotopic (exact) mass is 242 g/mol. The van der Waals surface area contributed by atoms with E-state index in [-0.39, 0.29) is 0 Å². The highest BCUT2D eigenvalue weighted by Gasteiger charge is 2.27. The van der Waals surface area contributed by atoms with E-state index < -0.39 is 0 Å². The summed E-state index contributed by atoms with van der Waals surface area (Å²) in [5.41, 5.74) is 0. The number of likely N-dealkylation sites (N-methyl/N-ethyl adjacent to an activating group) is 1. The van der Waals surface area contributed by atoms with Crippen molar-refractivity contribution in [2.45, 2.75) is 57.5 Å². The van der Waals surface area contributed by atoms with Crippen LogP contribution in [0.15, 0.2) is 0 Å². The number of ether oxygens (including phenoxy) is 1. The van der Waals surface area contributed by atoms with Crippen molar-refractivity contribution in [2.75, 3.05) is 33.9 Å². The van der Waals surface area contributed by atoms with E-state index in [9.17, 15) is 0 Å². The van der Waals surface area contributed by atoms with Crippen LogP contribution in [0.3, 0.4) is 0 Å². The molecular formula is C14H30N2O. The maximum Gasteiger partial charge on any atom is 0.0474 e. The largest absolute Gasteiger partial charge is 0.385 e. The van der Waals surface area contributed by atoms with E-state index in [1.54, 1.807) is 7.11 Å². The van der Waals surface area contributed by atoms with Crippen LogP contribution >= 0.6 is 0 Å². The Balaban J connectivity index is 2.34. The molecular weight excluding hydrogens is 212 g/mol. The molecule has 2 unspecified atom stereocenters. The first-order valence-electron chi connectivity index (χ1n) is 7.22. The van der Waals surface area contributed by atoms with Crippen molar-refractivity contribution in [3.63, 3.8) is 0 Å². The fourth-order valence-corrected chi connectivity index (χ4v) is 2.83. The molecule has 102 valence electrons. The van der Waals surface area contributed by atoms with Crippen molar-refractivity contribution in [3.05, 3.63) is 0 Å². The van der Waals surface area contributed by atoms with Gasteiger partial charge in [-0.2, -0.15) is 0 Å². The molecule has 1 aliphatic carbocycles. The number of hydrogen-bond donors (Lipinski definition) is 1. The van der Waals surface area contributed by atoms with Gasteiger partial charge in [-0.05, 0) is 39.3 Å². The minimum Gasteiger partial charge on any atom is -0.385 e. The van der Waals surface area contributed by atoms with E-state index in [4.69, 9.17) is 4.74 Å². The van der Waals surface area contributed by atoms with Crippen molar-refractivity contribution in [2.24, 2.45) is 0 Å². The zero-order valence-electron chi connectivity index (χ0n) is 11.9.